The molecule has 0 atom stereocenters. The van der Waals surface area contributed by atoms with Crippen LogP contribution in [0.1, 0.15) is 69.2 Å². The molecule has 0 rings (SSSR count). The molecule has 0 radical (unpaired) electrons. The molecule has 0 aliphatic rings. The van der Waals surface area contributed by atoms with Crippen molar-refractivity contribution in [1.82, 2.24) is 0 Å². The van der Waals surface area contributed by atoms with Crippen LogP contribution in [0.4, 0.5) is 0 Å². The second-order valence-corrected chi connectivity index (χ2v) is 8.50. The first-order valence-corrected chi connectivity index (χ1v) is 8.30. The van der Waals surface area contributed by atoms with E-state index < -0.39 is 11.2 Å². The van der Waals surface area contributed by atoms with Gasteiger partial charge in [-0.2, -0.15) is 0 Å². The van der Waals surface area contributed by atoms with Gasteiger partial charge >= 0.3 is 11.9 Å². The fraction of sp³-hybridized carbons (Fsp3) is 0.700. The third kappa shape index (κ3) is 7.80. The van der Waals surface area contributed by atoms with Crippen LogP contribution in [0.5, 0.6) is 0 Å². The van der Waals surface area contributed by atoms with Gasteiger partial charge in [0, 0.05) is 13.8 Å². The number of esters is 2. The Balaban J connectivity index is 5.31. The summed E-state index contributed by atoms with van der Waals surface area (Å²) in [6.07, 6.45) is 7.97. The van der Waals surface area contributed by atoms with Crippen molar-refractivity contribution in [3.05, 3.63) is 24.3 Å². The molecule has 0 bridgehead atoms. The minimum absolute atomic E-state index is 0.201. The second kappa shape index (κ2) is 7.54. The van der Waals surface area contributed by atoms with E-state index in [1.807, 2.05) is 39.8 Å². The molecule has 0 aromatic carbocycles. The molecule has 0 saturated carbocycles. The Hall–Kier alpha value is -1.58. The van der Waals surface area contributed by atoms with Gasteiger partial charge in [-0.15, -0.1) is 0 Å². The van der Waals surface area contributed by atoms with Crippen LogP contribution in [0.25, 0.3) is 0 Å². The molecule has 0 fully saturated rings. The molecule has 24 heavy (non-hydrogen) atoms. The SMILES string of the molecule is CC(=O)OC(C)(C)/C=C/C(C)(C)C(C)(C)/C=C/C(C)(C)OC(C)=O. The van der Waals surface area contributed by atoms with Gasteiger partial charge in [-0.1, -0.05) is 39.8 Å². The van der Waals surface area contributed by atoms with Gasteiger partial charge in [0.2, 0.25) is 0 Å². The largest absolute Gasteiger partial charge is 0.456 e. The molecule has 0 aromatic heterocycles. The molecule has 0 unspecified atom stereocenters. The third-order valence-corrected chi connectivity index (χ3v) is 4.28. The van der Waals surface area contributed by atoms with Gasteiger partial charge in [-0.25, -0.2) is 0 Å². The summed E-state index contributed by atoms with van der Waals surface area (Å²) in [5.41, 5.74) is -1.71. The minimum Gasteiger partial charge on any atom is -0.456 e. The summed E-state index contributed by atoms with van der Waals surface area (Å²) in [6.45, 7) is 18.7. The van der Waals surface area contributed by atoms with E-state index in [0.717, 1.165) is 0 Å². The van der Waals surface area contributed by atoms with E-state index in [9.17, 15) is 9.59 Å². The maximum atomic E-state index is 11.2. The number of ether oxygens (including phenoxy) is 2. The quantitative estimate of drug-likeness (QED) is 0.492. The highest BCUT2D eigenvalue weighted by molar-refractivity contribution is 5.67. The predicted molar refractivity (Wildman–Crippen MR) is 97.5 cm³/mol. The topological polar surface area (TPSA) is 52.6 Å². The summed E-state index contributed by atoms with van der Waals surface area (Å²) < 4.78 is 10.6. The van der Waals surface area contributed by atoms with Crippen molar-refractivity contribution in [1.29, 1.82) is 0 Å². The first-order valence-electron chi connectivity index (χ1n) is 8.30. The van der Waals surface area contributed by atoms with E-state index in [0.29, 0.717) is 0 Å². The molecule has 0 N–H and O–H groups in total. The summed E-state index contributed by atoms with van der Waals surface area (Å²) in [5, 5.41) is 0. The summed E-state index contributed by atoms with van der Waals surface area (Å²) in [5.74, 6) is -0.602. The Bertz CT molecular complexity index is 472. The van der Waals surface area contributed by atoms with Gasteiger partial charge in [0.15, 0.2) is 0 Å². The maximum absolute atomic E-state index is 11.2. The molecular formula is C20H34O4. The average Bonchev–Trinajstić information content (AvgIpc) is 2.31. The van der Waals surface area contributed by atoms with E-state index in [1.54, 1.807) is 0 Å². The van der Waals surface area contributed by atoms with E-state index in [4.69, 9.17) is 9.47 Å². The van der Waals surface area contributed by atoms with E-state index in [2.05, 4.69) is 39.8 Å². The molecule has 0 saturated heterocycles. The van der Waals surface area contributed by atoms with Crippen LogP contribution in [-0.4, -0.2) is 23.1 Å². The van der Waals surface area contributed by atoms with Gasteiger partial charge in [0.05, 0.1) is 0 Å². The Morgan fingerprint density at radius 1 is 0.583 bits per heavy atom. The minimum atomic E-state index is -0.653. The fourth-order valence-electron chi connectivity index (χ4n) is 2.06. The van der Waals surface area contributed by atoms with Crippen molar-refractivity contribution >= 4 is 11.9 Å². The van der Waals surface area contributed by atoms with E-state index in [1.165, 1.54) is 13.8 Å². The Morgan fingerprint density at radius 3 is 1.04 bits per heavy atom. The molecule has 0 amide bonds. The zero-order chi connectivity index (χ0) is 19.4. The standard InChI is InChI=1S/C20H34O4/c1-15(21)23-19(7,8)13-11-17(3,4)18(5,6)12-14-20(9,10)24-16(2)22/h11-14H,1-10H3/b13-11+,14-12+. The van der Waals surface area contributed by atoms with Crippen LogP contribution in [0.15, 0.2) is 24.3 Å². The molecule has 0 aliphatic heterocycles. The molecule has 0 spiro atoms. The van der Waals surface area contributed by atoms with Crippen LogP contribution >= 0.6 is 0 Å². The molecular weight excluding hydrogens is 304 g/mol. The van der Waals surface area contributed by atoms with Crippen LogP contribution < -0.4 is 0 Å². The fourth-order valence-corrected chi connectivity index (χ4v) is 2.06. The van der Waals surface area contributed by atoms with Crippen LogP contribution in [0.3, 0.4) is 0 Å². The van der Waals surface area contributed by atoms with Gasteiger partial charge in [-0.3, -0.25) is 9.59 Å². The summed E-state index contributed by atoms with van der Waals surface area (Å²) in [6, 6.07) is 0. The van der Waals surface area contributed by atoms with Crippen molar-refractivity contribution < 1.29 is 19.1 Å². The van der Waals surface area contributed by atoms with Crippen LogP contribution in [-0.2, 0) is 19.1 Å². The van der Waals surface area contributed by atoms with Crippen molar-refractivity contribution in [2.45, 2.75) is 80.4 Å². The Labute approximate surface area is 147 Å². The Kier molecular flexibility index (Phi) is 7.04. The lowest BCUT2D eigenvalue weighted by Gasteiger charge is -2.38. The van der Waals surface area contributed by atoms with Crippen molar-refractivity contribution in [2.24, 2.45) is 10.8 Å². The smallest absolute Gasteiger partial charge is 0.303 e. The summed E-state index contributed by atoms with van der Waals surface area (Å²) in [4.78, 5) is 22.3. The third-order valence-electron chi connectivity index (χ3n) is 4.28. The molecule has 0 aliphatic carbocycles. The highest BCUT2D eigenvalue weighted by Gasteiger charge is 2.34. The molecule has 4 nitrogen and oxygen atoms in total. The number of carbonyl (C=O) groups excluding carboxylic acids is 2. The predicted octanol–water partition coefficient (Wildman–Crippen LogP) is 4.83. The first kappa shape index (κ1) is 22.4. The van der Waals surface area contributed by atoms with E-state index in [-0.39, 0.29) is 22.8 Å². The van der Waals surface area contributed by atoms with Gasteiger partial charge in [-0.05, 0) is 50.7 Å². The summed E-state index contributed by atoms with van der Waals surface area (Å²) in [7, 11) is 0. The van der Waals surface area contributed by atoms with Crippen LogP contribution in [0, 0.1) is 10.8 Å². The number of allylic oxidation sites excluding steroid dienone is 2. The normalized spacial score (nSPS) is 14.2. The monoisotopic (exact) mass is 338 g/mol. The van der Waals surface area contributed by atoms with Gasteiger partial charge < -0.3 is 9.47 Å². The lowest BCUT2D eigenvalue weighted by Crippen LogP contribution is -2.32. The first-order chi connectivity index (χ1) is 10.5. The number of carbonyl (C=O) groups is 2. The average molecular weight is 338 g/mol. The number of hydrogen-bond acceptors (Lipinski definition) is 4. The van der Waals surface area contributed by atoms with Gasteiger partial charge in [0.25, 0.3) is 0 Å². The van der Waals surface area contributed by atoms with Gasteiger partial charge in [0.1, 0.15) is 11.2 Å². The zero-order valence-corrected chi connectivity index (χ0v) is 16.9. The lowest BCUT2D eigenvalue weighted by atomic mass is 9.67. The molecule has 0 heterocycles. The molecule has 4 heteroatoms. The zero-order valence-electron chi connectivity index (χ0n) is 16.9. The maximum Gasteiger partial charge on any atom is 0.303 e. The van der Waals surface area contributed by atoms with E-state index >= 15 is 0 Å². The second-order valence-electron chi connectivity index (χ2n) is 8.50. The number of hydrogen-bond donors (Lipinski definition) is 0. The summed E-state index contributed by atoms with van der Waals surface area (Å²) >= 11 is 0. The molecule has 138 valence electrons. The van der Waals surface area contributed by atoms with Crippen LogP contribution in [0.2, 0.25) is 0 Å². The molecule has 0 aromatic rings. The van der Waals surface area contributed by atoms with Crippen molar-refractivity contribution in [3.8, 4) is 0 Å². The van der Waals surface area contributed by atoms with Crippen molar-refractivity contribution in [3.63, 3.8) is 0 Å². The highest BCUT2D eigenvalue weighted by atomic mass is 16.6. The number of rotatable bonds is 7. The lowest BCUT2D eigenvalue weighted by molar-refractivity contribution is -0.150. The Morgan fingerprint density at radius 2 is 0.833 bits per heavy atom. The highest BCUT2D eigenvalue weighted by Crippen LogP contribution is 2.42. The van der Waals surface area contributed by atoms with Crippen molar-refractivity contribution in [2.75, 3.05) is 0 Å².